The quantitative estimate of drug-likeness (QED) is 0.242. The monoisotopic (exact) mass is 543 g/mol. The molecule has 0 aliphatic heterocycles. The van der Waals surface area contributed by atoms with Crippen molar-refractivity contribution in [3.05, 3.63) is 39.9 Å². The average Bonchev–Trinajstić information content (AvgIpc) is 2.80. The van der Waals surface area contributed by atoms with Gasteiger partial charge in [-0.3, -0.25) is 19.7 Å². The van der Waals surface area contributed by atoms with E-state index in [-0.39, 0.29) is 48.1 Å². The number of nitrogens with one attached hydrogen (secondary N) is 1. The highest BCUT2D eigenvalue weighted by molar-refractivity contribution is 6.24. The molecular formula is C27H33N3O9. The number of hydrogen-bond donors (Lipinski definition) is 6. The predicted molar refractivity (Wildman–Crippen MR) is 140 cm³/mol. The second kappa shape index (κ2) is 9.30. The summed E-state index contributed by atoms with van der Waals surface area (Å²) in [4.78, 5) is 52.9. The molecular weight excluding hydrogens is 510 g/mol. The molecule has 0 aromatic heterocycles. The minimum absolute atomic E-state index is 0.0235. The Kier molecular flexibility index (Phi) is 6.66. The number of hydrogen-bond acceptors (Lipinski definition) is 10. The summed E-state index contributed by atoms with van der Waals surface area (Å²) in [6.07, 6.45) is -0.984. The third-order valence-corrected chi connectivity index (χ3v) is 7.39. The van der Waals surface area contributed by atoms with Gasteiger partial charge < -0.3 is 35.8 Å². The fraction of sp³-hybridized carbons (Fsp3) is 0.481. The van der Waals surface area contributed by atoms with E-state index in [0.29, 0.717) is 11.3 Å². The fourth-order valence-electron chi connectivity index (χ4n) is 5.59. The number of ether oxygens (including phenoxy) is 1. The van der Waals surface area contributed by atoms with Gasteiger partial charge in [0.15, 0.2) is 17.1 Å². The van der Waals surface area contributed by atoms with Crippen molar-refractivity contribution >= 4 is 34.9 Å². The van der Waals surface area contributed by atoms with Gasteiger partial charge >= 0.3 is 6.09 Å². The molecule has 12 heteroatoms. The molecule has 0 unspecified atom stereocenters. The number of carbonyl (C=O) groups is 4. The highest BCUT2D eigenvalue weighted by Gasteiger charge is 2.59. The number of fused-ring (bicyclic) bond motifs is 3. The number of rotatable bonds is 4. The number of ketones is 2. The van der Waals surface area contributed by atoms with Crippen molar-refractivity contribution in [3.63, 3.8) is 0 Å². The number of carbonyl (C=O) groups excluding carboxylic acids is 4. The summed E-state index contributed by atoms with van der Waals surface area (Å²) in [5.74, 6) is -7.18. The van der Waals surface area contributed by atoms with Crippen LogP contribution >= 0.6 is 0 Å². The van der Waals surface area contributed by atoms with E-state index < -0.39 is 63.8 Å². The van der Waals surface area contributed by atoms with E-state index in [1.165, 1.54) is 6.07 Å². The number of phenolic OH excluding ortho intramolecular Hbond substituents is 1. The van der Waals surface area contributed by atoms with E-state index in [0.717, 1.165) is 0 Å². The molecule has 0 spiro atoms. The van der Waals surface area contributed by atoms with Crippen LogP contribution in [0.2, 0.25) is 0 Å². The molecule has 0 saturated carbocycles. The van der Waals surface area contributed by atoms with Crippen LogP contribution in [0, 0.1) is 17.3 Å². The third-order valence-electron chi connectivity index (χ3n) is 7.39. The van der Waals surface area contributed by atoms with Crippen LogP contribution in [0.4, 0.5) is 16.2 Å². The van der Waals surface area contributed by atoms with Gasteiger partial charge in [0.25, 0.3) is 5.91 Å². The fourth-order valence-corrected chi connectivity index (χ4v) is 5.59. The SMILES string of the molecule is CN(C)c1cc(NC(=O)OCC(C)(C)C)c(O)c2c1C[C@H]1C[C@H]3CC(O)=C(C(N)=O)C(=O)[C@@]3(O)C(O)=C1C2=O. The van der Waals surface area contributed by atoms with E-state index in [9.17, 15) is 39.6 Å². The second-order valence-corrected chi connectivity index (χ2v) is 11.7. The van der Waals surface area contributed by atoms with Gasteiger partial charge in [-0.15, -0.1) is 0 Å². The summed E-state index contributed by atoms with van der Waals surface area (Å²) in [6, 6.07) is 1.51. The summed E-state index contributed by atoms with van der Waals surface area (Å²) in [7, 11) is 3.44. The van der Waals surface area contributed by atoms with Gasteiger partial charge in [0.1, 0.15) is 17.1 Å². The molecule has 0 heterocycles. The Morgan fingerprint density at radius 1 is 1.18 bits per heavy atom. The van der Waals surface area contributed by atoms with Crippen LogP contribution in [0.25, 0.3) is 0 Å². The number of Topliss-reactive ketones (excluding diaryl/α,β-unsaturated/α-hetero) is 2. The van der Waals surface area contributed by atoms with E-state index in [4.69, 9.17) is 10.5 Å². The van der Waals surface area contributed by atoms with Gasteiger partial charge in [-0.1, -0.05) is 20.8 Å². The average molecular weight is 544 g/mol. The van der Waals surface area contributed by atoms with Crippen molar-refractivity contribution in [1.29, 1.82) is 0 Å². The Morgan fingerprint density at radius 3 is 2.38 bits per heavy atom. The topological polar surface area (TPSA) is 200 Å². The number of aliphatic hydroxyl groups is 3. The zero-order valence-electron chi connectivity index (χ0n) is 22.4. The zero-order chi connectivity index (χ0) is 29.2. The van der Waals surface area contributed by atoms with Gasteiger partial charge in [-0.2, -0.15) is 0 Å². The van der Waals surface area contributed by atoms with E-state index in [1.807, 2.05) is 20.8 Å². The number of aliphatic hydroxyl groups excluding tert-OH is 2. The highest BCUT2D eigenvalue weighted by Crippen LogP contribution is 2.53. The Bertz CT molecular complexity index is 1370. The number of primary amides is 1. The number of aromatic hydroxyl groups is 1. The molecule has 39 heavy (non-hydrogen) atoms. The van der Waals surface area contributed by atoms with Gasteiger partial charge in [0, 0.05) is 37.7 Å². The van der Waals surface area contributed by atoms with Crippen molar-refractivity contribution in [2.45, 2.75) is 45.6 Å². The lowest BCUT2D eigenvalue weighted by Crippen LogP contribution is -2.57. The smallest absolute Gasteiger partial charge is 0.411 e. The van der Waals surface area contributed by atoms with E-state index in [2.05, 4.69) is 5.32 Å². The van der Waals surface area contributed by atoms with Crippen molar-refractivity contribution in [2.75, 3.05) is 30.9 Å². The first-order chi connectivity index (χ1) is 18.0. The molecule has 210 valence electrons. The normalized spacial score (nSPS) is 24.6. The molecule has 7 N–H and O–H groups in total. The van der Waals surface area contributed by atoms with Crippen LogP contribution in [0.5, 0.6) is 5.75 Å². The maximum Gasteiger partial charge on any atom is 0.411 e. The maximum atomic E-state index is 13.8. The van der Waals surface area contributed by atoms with Crippen LogP contribution < -0.4 is 16.0 Å². The lowest BCUT2D eigenvalue weighted by Gasteiger charge is -2.45. The predicted octanol–water partition coefficient (Wildman–Crippen LogP) is 2.24. The number of amides is 2. The molecule has 2 amide bonds. The Hall–Kier alpha value is -4.06. The van der Waals surface area contributed by atoms with Crippen molar-refractivity contribution < 1.29 is 44.3 Å². The van der Waals surface area contributed by atoms with Gasteiger partial charge in [-0.25, -0.2) is 4.79 Å². The molecule has 4 rings (SSSR count). The standard InChI is InChI=1S/C27H33N3O9/c1-26(2,3)10-39-25(37)29-14-9-15(30(4)5)13-7-11-6-12-8-16(31)19(24(28)36)23(35)27(12,38)22(34)17(11)21(33)18(13)20(14)32/h9,11-12,31-32,34,38H,6-8,10H2,1-5H3,(H2,28,36)(H,29,37)/t11-,12+,27+/m1/s1. The minimum atomic E-state index is -2.65. The first-order valence-electron chi connectivity index (χ1n) is 12.5. The lowest BCUT2D eigenvalue weighted by molar-refractivity contribution is -0.144. The molecule has 0 bridgehead atoms. The molecule has 0 fully saturated rings. The first-order valence-corrected chi connectivity index (χ1v) is 12.5. The van der Waals surface area contributed by atoms with Crippen molar-refractivity contribution in [3.8, 4) is 5.75 Å². The molecule has 3 aliphatic rings. The number of nitrogens with two attached hydrogens (primary N) is 1. The zero-order valence-corrected chi connectivity index (χ0v) is 22.4. The number of phenols is 1. The summed E-state index contributed by atoms with van der Waals surface area (Å²) in [5.41, 5.74) is 1.80. The number of benzene rings is 1. The van der Waals surface area contributed by atoms with Crippen molar-refractivity contribution in [2.24, 2.45) is 23.0 Å². The Balaban J connectivity index is 1.82. The molecule has 0 radical (unpaired) electrons. The van der Waals surface area contributed by atoms with Gasteiger partial charge in [0.05, 0.1) is 17.9 Å². The molecule has 1 aromatic rings. The van der Waals surface area contributed by atoms with Crippen LogP contribution in [0.3, 0.4) is 0 Å². The number of anilines is 2. The van der Waals surface area contributed by atoms with Crippen molar-refractivity contribution in [1.82, 2.24) is 0 Å². The van der Waals surface area contributed by atoms with Crippen LogP contribution in [0.1, 0.15) is 49.5 Å². The van der Waals surface area contributed by atoms with E-state index >= 15 is 0 Å². The second-order valence-electron chi connectivity index (χ2n) is 11.7. The molecule has 0 saturated heterocycles. The Labute approximate surface area is 224 Å². The summed E-state index contributed by atoms with van der Waals surface area (Å²) in [5, 5.41) is 46.4. The molecule has 1 aromatic carbocycles. The lowest BCUT2D eigenvalue weighted by atomic mass is 9.60. The van der Waals surface area contributed by atoms with Crippen LogP contribution in [-0.4, -0.2) is 70.3 Å². The van der Waals surface area contributed by atoms with E-state index in [1.54, 1.807) is 19.0 Å². The minimum Gasteiger partial charge on any atom is -0.511 e. The summed E-state index contributed by atoms with van der Waals surface area (Å²) >= 11 is 0. The number of nitrogens with zero attached hydrogens (tertiary/aromatic N) is 1. The van der Waals surface area contributed by atoms with Gasteiger partial charge in [0.2, 0.25) is 5.78 Å². The Morgan fingerprint density at radius 2 is 1.82 bits per heavy atom. The summed E-state index contributed by atoms with van der Waals surface area (Å²) in [6.45, 7) is 5.72. The van der Waals surface area contributed by atoms with Crippen LogP contribution in [-0.2, 0) is 20.7 Å². The number of allylic oxidation sites excluding steroid dienone is 2. The first kappa shape index (κ1) is 28.0. The molecule has 3 aliphatic carbocycles. The highest BCUT2D eigenvalue weighted by atomic mass is 16.5. The maximum absolute atomic E-state index is 13.8. The molecule has 12 nitrogen and oxygen atoms in total. The van der Waals surface area contributed by atoms with Crippen LogP contribution in [0.15, 0.2) is 28.7 Å². The molecule has 3 atom stereocenters. The third kappa shape index (κ3) is 4.48. The van der Waals surface area contributed by atoms with Gasteiger partial charge in [-0.05, 0) is 35.8 Å². The largest absolute Gasteiger partial charge is 0.511 e. The summed E-state index contributed by atoms with van der Waals surface area (Å²) < 4.78 is 5.22.